The zero-order valence-corrected chi connectivity index (χ0v) is 8.72. The topological polar surface area (TPSA) is 49.5 Å². The molecule has 0 amide bonds. The van der Waals surface area contributed by atoms with Crippen LogP contribution in [0, 0.1) is 5.92 Å². The third-order valence-corrected chi connectivity index (χ3v) is 3.23. The first-order valence-corrected chi connectivity index (χ1v) is 5.64. The lowest BCUT2D eigenvalue weighted by molar-refractivity contribution is 0.0463. The monoisotopic (exact) mass is 208 g/mol. The van der Waals surface area contributed by atoms with E-state index < -0.39 is 0 Å². The van der Waals surface area contributed by atoms with Crippen LogP contribution in [0.1, 0.15) is 30.2 Å². The molecule has 0 unspecified atom stereocenters. The molecule has 1 N–H and O–H groups in total. The molecule has 0 bridgehead atoms. The Morgan fingerprint density at radius 2 is 2.27 bits per heavy atom. The number of aliphatic hydroxyl groups excluding tert-OH is 1. The van der Waals surface area contributed by atoms with Gasteiger partial charge >= 0.3 is 0 Å². The van der Waals surface area contributed by atoms with Gasteiger partial charge in [0.1, 0.15) is 5.76 Å². The summed E-state index contributed by atoms with van der Waals surface area (Å²) in [6.45, 7) is 3.15. The first-order chi connectivity index (χ1) is 7.35. The molecule has 15 heavy (non-hydrogen) atoms. The molecule has 2 fully saturated rings. The highest BCUT2D eigenvalue weighted by Gasteiger charge is 2.30. The molecule has 0 radical (unpaired) electrons. The number of rotatable bonds is 4. The van der Waals surface area contributed by atoms with Gasteiger partial charge in [-0.05, 0) is 12.8 Å². The average molecular weight is 208 g/mol. The van der Waals surface area contributed by atoms with Crippen molar-refractivity contribution in [3.05, 3.63) is 17.5 Å². The van der Waals surface area contributed by atoms with Crippen LogP contribution in [0.3, 0.4) is 0 Å². The molecule has 0 aromatic carbocycles. The molecule has 0 spiro atoms. The summed E-state index contributed by atoms with van der Waals surface area (Å²) < 4.78 is 5.29. The Bertz CT molecular complexity index is 340. The van der Waals surface area contributed by atoms with Crippen molar-refractivity contribution in [2.45, 2.75) is 25.3 Å². The van der Waals surface area contributed by atoms with Crippen LogP contribution in [0.25, 0.3) is 0 Å². The summed E-state index contributed by atoms with van der Waals surface area (Å²) >= 11 is 0. The third-order valence-electron chi connectivity index (χ3n) is 3.23. The lowest BCUT2D eigenvalue weighted by atomic mass is 10.0. The molecule has 4 nitrogen and oxygen atoms in total. The highest BCUT2D eigenvalue weighted by Crippen LogP contribution is 2.40. The summed E-state index contributed by atoms with van der Waals surface area (Å²) in [6.07, 6.45) is 2.51. The third kappa shape index (κ3) is 1.92. The van der Waals surface area contributed by atoms with Crippen LogP contribution < -0.4 is 0 Å². The minimum atomic E-state index is 0.308. The van der Waals surface area contributed by atoms with Gasteiger partial charge in [0.15, 0.2) is 0 Å². The normalized spacial score (nSPS) is 23.0. The van der Waals surface area contributed by atoms with Crippen molar-refractivity contribution in [3.63, 3.8) is 0 Å². The van der Waals surface area contributed by atoms with E-state index in [0.717, 1.165) is 31.1 Å². The Morgan fingerprint density at radius 3 is 2.93 bits per heavy atom. The molecule has 0 atom stereocenters. The second kappa shape index (κ2) is 3.61. The standard InChI is InChI=1S/C11H16N2O2/c14-7-8-4-13(5-8)6-10-3-11(15-12-10)9-1-2-9/h3,8-9,14H,1-2,4-7H2. The van der Waals surface area contributed by atoms with Crippen LogP contribution in [0.2, 0.25) is 0 Å². The summed E-state index contributed by atoms with van der Waals surface area (Å²) in [6, 6.07) is 2.09. The van der Waals surface area contributed by atoms with E-state index in [2.05, 4.69) is 16.1 Å². The van der Waals surface area contributed by atoms with Gasteiger partial charge in [-0.2, -0.15) is 0 Å². The van der Waals surface area contributed by atoms with Gasteiger partial charge < -0.3 is 9.63 Å². The molecule has 1 saturated carbocycles. The number of nitrogens with zero attached hydrogens (tertiary/aromatic N) is 2. The van der Waals surface area contributed by atoms with Gasteiger partial charge in [-0.3, -0.25) is 4.90 Å². The first-order valence-electron chi connectivity index (χ1n) is 5.64. The quantitative estimate of drug-likeness (QED) is 0.801. The fourth-order valence-corrected chi connectivity index (χ4v) is 2.11. The SMILES string of the molecule is OCC1CN(Cc2cc(C3CC3)on2)C1. The van der Waals surface area contributed by atoms with Gasteiger partial charge in [0.25, 0.3) is 0 Å². The Balaban J connectivity index is 1.53. The van der Waals surface area contributed by atoms with Gasteiger partial charge in [0.2, 0.25) is 0 Å². The van der Waals surface area contributed by atoms with Gasteiger partial charge in [0.05, 0.1) is 5.69 Å². The van der Waals surface area contributed by atoms with E-state index in [1.807, 2.05) is 0 Å². The van der Waals surface area contributed by atoms with Crippen LogP contribution in [0.4, 0.5) is 0 Å². The van der Waals surface area contributed by atoms with Crippen molar-refractivity contribution in [2.75, 3.05) is 19.7 Å². The van der Waals surface area contributed by atoms with Gasteiger partial charge in [-0.1, -0.05) is 5.16 Å². The number of hydrogen-bond donors (Lipinski definition) is 1. The average Bonchev–Trinajstić information content (AvgIpc) is 2.92. The molecular formula is C11H16N2O2. The maximum Gasteiger partial charge on any atom is 0.140 e. The molecule has 1 aromatic rings. The fraction of sp³-hybridized carbons (Fsp3) is 0.727. The van der Waals surface area contributed by atoms with E-state index in [0.29, 0.717) is 18.4 Å². The molecule has 1 aliphatic carbocycles. The van der Waals surface area contributed by atoms with Crippen molar-refractivity contribution in [1.29, 1.82) is 0 Å². The number of aliphatic hydroxyl groups is 1. The number of aromatic nitrogens is 1. The summed E-state index contributed by atoms with van der Waals surface area (Å²) in [4.78, 5) is 2.29. The van der Waals surface area contributed by atoms with E-state index in [1.165, 1.54) is 12.8 Å². The van der Waals surface area contributed by atoms with Crippen molar-refractivity contribution in [2.24, 2.45) is 5.92 Å². The van der Waals surface area contributed by atoms with E-state index in [-0.39, 0.29) is 0 Å². The fourth-order valence-electron chi connectivity index (χ4n) is 2.11. The smallest absolute Gasteiger partial charge is 0.140 e. The molecular weight excluding hydrogens is 192 g/mol. The van der Waals surface area contributed by atoms with E-state index in [4.69, 9.17) is 9.63 Å². The number of likely N-dealkylation sites (tertiary alicyclic amines) is 1. The molecule has 4 heteroatoms. The Labute approximate surface area is 88.9 Å². The zero-order chi connectivity index (χ0) is 10.3. The predicted octanol–water partition coefficient (Wildman–Crippen LogP) is 0.976. The lowest BCUT2D eigenvalue weighted by Gasteiger charge is -2.37. The second-order valence-electron chi connectivity index (χ2n) is 4.74. The Kier molecular flexibility index (Phi) is 2.25. The second-order valence-corrected chi connectivity index (χ2v) is 4.74. The minimum absolute atomic E-state index is 0.308. The largest absolute Gasteiger partial charge is 0.396 e. The van der Waals surface area contributed by atoms with E-state index in [1.54, 1.807) is 0 Å². The first kappa shape index (κ1) is 9.36. The Morgan fingerprint density at radius 1 is 1.47 bits per heavy atom. The molecule has 82 valence electrons. The van der Waals surface area contributed by atoms with Crippen LogP contribution >= 0.6 is 0 Å². The van der Waals surface area contributed by atoms with Gasteiger partial charge in [-0.25, -0.2) is 0 Å². The van der Waals surface area contributed by atoms with Crippen molar-refractivity contribution >= 4 is 0 Å². The maximum atomic E-state index is 8.89. The van der Waals surface area contributed by atoms with Crippen LogP contribution in [0.5, 0.6) is 0 Å². The van der Waals surface area contributed by atoms with Crippen LogP contribution in [-0.2, 0) is 6.54 Å². The summed E-state index contributed by atoms with van der Waals surface area (Å²) in [5.74, 6) is 2.18. The molecule has 3 rings (SSSR count). The van der Waals surface area contributed by atoms with E-state index in [9.17, 15) is 0 Å². The lowest BCUT2D eigenvalue weighted by Crippen LogP contribution is -2.47. The van der Waals surface area contributed by atoms with Crippen LogP contribution in [0.15, 0.2) is 10.6 Å². The van der Waals surface area contributed by atoms with Crippen molar-refractivity contribution in [3.8, 4) is 0 Å². The summed E-state index contributed by atoms with van der Waals surface area (Å²) in [5, 5.41) is 13.0. The summed E-state index contributed by atoms with van der Waals surface area (Å²) in [7, 11) is 0. The zero-order valence-electron chi connectivity index (χ0n) is 8.72. The maximum absolute atomic E-state index is 8.89. The van der Waals surface area contributed by atoms with Gasteiger partial charge in [-0.15, -0.1) is 0 Å². The van der Waals surface area contributed by atoms with Gasteiger partial charge in [0, 0.05) is 44.1 Å². The molecule has 2 heterocycles. The molecule has 1 saturated heterocycles. The highest BCUT2D eigenvalue weighted by atomic mass is 16.5. The molecule has 1 aromatic heterocycles. The van der Waals surface area contributed by atoms with Crippen molar-refractivity contribution < 1.29 is 9.63 Å². The molecule has 1 aliphatic heterocycles. The summed E-state index contributed by atoms with van der Waals surface area (Å²) in [5.41, 5.74) is 1.04. The van der Waals surface area contributed by atoms with Crippen LogP contribution in [-0.4, -0.2) is 34.9 Å². The minimum Gasteiger partial charge on any atom is -0.396 e. The predicted molar refractivity (Wildman–Crippen MR) is 54.3 cm³/mol. The van der Waals surface area contributed by atoms with E-state index >= 15 is 0 Å². The van der Waals surface area contributed by atoms with Crippen molar-refractivity contribution in [1.82, 2.24) is 10.1 Å². The Hall–Kier alpha value is -0.870. The highest BCUT2D eigenvalue weighted by molar-refractivity contribution is 5.14. The number of hydrogen-bond acceptors (Lipinski definition) is 4. The molecule has 2 aliphatic rings.